The van der Waals surface area contributed by atoms with Gasteiger partial charge in [0.15, 0.2) is 0 Å². The van der Waals surface area contributed by atoms with Gasteiger partial charge >= 0.3 is 7.60 Å². The summed E-state index contributed by atoms with van der Waals surface area (Å²) >= 11 is 0. The number of hydrogen-bond donors (Lipinski definition) is 4. The molecule has 0 saturated heterocycles. The van der Waals surface area contributed by atoms with Gasteiger partial charge in [-0.15, -0.1) is 0 Å². The van der Waals surface area contributed by atoms with Crippen molar-refractivity contribution in [2.45, 2.75) is 25.1 Å². The predicted octanol–water partition coefficient (Wildman–Crippen LogP) is 0.921. The van der Waals surface area contributed by atoms with E-state index in [0.29, 0.717) is 12.0 Å². The third-order valence-electron chi connectivity index (χ3n) is 2.73. The van der Waals surface area contributed by atoms with Crippen LogP contribution in [0.25, 0.3) is 0 Å². The molecule has 1 unspecified atom stereocenters. The Morgan fingerprint density at radius 1 is 1.35 bits per heavy atom. The molecule has 0 fully saturated rings. The quantitative estimate of drug-likeness (QED) is 0.589. The Morgan fingerprint density at radius 3 is 2.41 bits per heavy atom. The van der Waals surface area contributed by atoms with Gasteiger partial charge in [0.05, 0.1) is 0 Å². The second-order valence-corrected chi connectivity index (χ2v) is 5.80. The van der Waals surface area contributed by atoms with Crippen molar-refractivity contribution in [1.29, 1.82) is 0 Å². The second-order valence-electron chi connectivity index (χ2n) is 3.97. The van der Waals surface area contributed by atoms with E-state index in [0.717, 1.165) is 6.42 Å². The summed E-state index contributed by atoms with van der Waals surface area (Å²) in [6, 6.07) is 6.65. The van der Waals surface area contributed by atoms with Crippen LogP contribution in [-0.4, -0.2) is 21.4 Å². The molecule has 5 nitrogen and oxygen atoms in total. The largest absolute Gasteiger partial charge is 0.372 e. The van der Waals surface area contributed by atoms with Crippen molar-refractivity contribution in [3.05, 3.63) is 35.4 Å². The van der Waals surface area contributed by atoms with Gasteiger partial charge in [-0.05, 0) is 12.0 Å². The molecule has 1 atom stereocenters. The van der Waals surface area contributed by atoms with Gasteiger partial charge in [-0.1, -0.05) is 37.6 Å². The molecule has 1 aromatic rings. The summed E-state index contributed by atoms with van der Waals surface area (Å²) in [5, 5.41) is 7.85. The van der Waals surface area contributed by atoms with Gasteiger partial charge in [0, 0.05) is 12.1 Å². The molecule has 17 heavy (non-hydrogen) atoms. The molecular formula is C11H18NO4P. The van der Waals surface area contributed by atoms with Crippen LogP contribution in [-0.2, 0) is 16.3 Å². The van der Waals surface area contributed by atoms with Gasteiger partial charge in [0.1, 0.15) is 0 Å². The van der Waals surface area contributed by atoms with Crippen LogP contribution in [0.1, 0.15) is 24.5 Å². The fourth-order valence-electron chi connectivity index (χ4n) is 1.78. The summed E-state index contributed by atoms with van der Waals surface area (Å²) in [6.45, 7) is 1.44. The molecule has 0 radical (unpaired) electrons. The molecule has 5 N–H and O–H groups in total. The normalized spacial score (nSPS) is 15.6. The lowest BCUT2D eigenvalue weighted by Crippen LogP contribution is -2.35. The molecule has 0 spiro atoms. The van der Waals surface area contributed by atoms with E-state index in [1.165, 1.54) is 6.07 Å². The molecular weight excluding hydrogens is 241 g/mol. The van der Waals surface area contributed by atoms with Crippen LogP contribution >= 0.6 is 7.60 Å². The number of aliphatic hydroxyl groups is 1. The minimum absolute atomic E-state index is 0.220. The molecule has 0 aromatic heterocycles. The van der Waals surface area contributed by atoms with E-state index >= 15 is 0 Å². The number of nitrogens with two attached hydrogens (primary N) is 1. The van der Waals surface area contributed by atoms with E-state index in [1.54, 1.807) is 18.2 Å². The first-order chi connectivity index (χ1) is 7.86. The smallest absolute Gasteiger partial charge is 0.362 e. The van der Waals surface area contributed by atoms with Gasteiger partial charge in [0.25, 0.3) is 0 Å². The number of aryl methyl sites for hydroxylation is 1. The zero-order valence-electron chi connectivity index (χ0n) is 9.71. The molecule has 0 aliphatic rings. The van der Waals surface area contributed by atoms with Crippen LogP contribution in [0, 0.1) is 0 Å². The maximum Gasteiger partial charge on any atom is 0.362 e. The van der Waals surface area contributed by atoms with Crippen molar-refractivity contribution >= 4 is 7.60 Å². The second kappa shape index (κ2) is 5.29. The Labute approximate surface area is 100 Å². The van der Waals surface area contributed by atoms with Gasteiger partial charge < -0.3 is 20.6 Å². The van der Waals surface area contributed by atoms with Crippen LogP contribution in [0.2, 0.25) is 0 Å². The van der Waals surface area contributed by atoms with E-state index in [4.69, 9.17) is 5.73 Å². The molecule has 96 valence electrons. The van der Waals surface area contributed by atoms with E-state index in [1.807, 2.05) is 6.92 Å². The lowest BCUT2D eigenvalue weighted by molar-refractivity contribution is 0.0968. The van der Waals surface area contributed by atoms with Crippen LogP contribution < -0.4 is 5.73 Å². The lowest BCUT2D eigenvalue weighted by Gasteiger charge is -2.29. The highest BCUT2D eigenvalue weighted by Gasteiger charge is 2.46. The summed E-state index contributed by atoms with van der Waals surface area (Å²) in [5.41, 5.74) is 6.28. The standard InChI is InChI=1S/C11H18NO4P/c1-2-5-9-6-3-4-7-10(9)11(13,8-12)17(14,15)16/h3-4,6-7,13H,2,5,8,12H2,1H3,(H2,14,15,16). The van der Waals surface area contributed by atoms with Gasteiger partial charge in [-0.25, -0.2) is 0 Å². The Morgan fingerprint density at radius 2 is 1.94 bits per heavy atom. The first-order valence-electron chi connectivity index (χ1n) is 5.43. The van der Waals surface area contributed by atoms with Crippen molar-refractivity contribution in [2.24, 2.45) is 5.73 Å². The topological polar surface area (TPSA) is 104 Å². The summed E-state index contributed by atoms with van der Waals surface area (Å²) < 4.78 is 11.4. The zero-order valence-corrected chi connectivity index (χ0v) is 10.6. The first kappa shape index (κ1) is 14.4. The SMILES string of the molecule is CCCc1ccccc1C(O)(CN)P(=O)(O)O. The maximum absolute atomic E-state index is 11.4. The summed E-state index contributed by atoms with van der Waals surface area (Å²) in [7, 11) is -4.73. The van der Waals surface area contributed by atoms with Crippen molar-refractivity contribution in [1.82, 2.24) is 0 Å². The van der Waals surface area contributed by atoms with Crippen LogP contribution in [0.5, 0.6) is 0 Å². The molecule has 0 saturated carbocycles. The molecule has 0 amide bonds. The maximum atomic E-state index is 11.4. The Bertz CT molecular complexity index is 431. The Kier molecular flexibility index (Phi) is 4.47. The van der Waals surface area contributed by atoms with Gasteiger partial charge in [-0.3, -0.25) is 4.57 Å². The Balaban J connectivity index is 3.35. The lowest BCUT2D eigenvalue weighted by atomic mass is 9.98. The Hall–Kier alpha value is -0.710. The highest BCUT2D eigenvalue weighted by atomic mass is 31.2. The van der Waals surface area contributed by atoms with E-state index < -0.39 is 19.5 Å². The monoisotopic (exact) mass is 259 g/mol. The van der Waals surface area contributed by atoms with Crippen molar-refractivity contribution in [2.75, 3.05) is 6.54 Å². The van der Waals surface area contributed by atoms with E-state index in [-0.39, 0.29) is 5.56 Å². The molecule has 6 heteroatoms. The van der Waals surface area contributed by atoms with Crippen molar-refractivity contribution in [3.63, 3.8) is 0 Å². The zero-order chi connectivity index (χ0) is 13.1. The fourth-order valence-corrected chi connectivity index (χ4v) is 2.55. The number of rotatable bonds is 5. The average molecular weight is 259 g/mol. The highest BCUT2D eigenvalue weighted by molar-refractivity contribution is 7.52. The molecule has 1 aromatic carbocycles. The molecule has 0 bridgehead atoms. The molecule has 0 aliphatic carbocycles. The third-order valence-corrected chi connectivity index (χ3v) is 4.12. The first-order valence-corrected chi connectivity index (χ1v) is 7.04. The molecule has 0 aliphatic heterocycles. The van der Waals surface area contributed by atoms with Crippen LogP contribution in [0.15, 0.2) is 24.3 Å². The minimum Gasteiger partial charge on any atom is -0.372 e. The van der Waals surface area contributed by atoms with Crippen molar-refractivity contribution in [3.8, 4) is 0 Å². The number of hydrogen-bond acceptors (Lipinski definition) is 3. The fraction of sp³-hybridized carbons (Fsp3) is 0.455. The van der Waals surface area contributed by atoms with Crippen molar-refractivity contribution < 1.29 is 19.5 Å². The summed E-state index contributed by atoms with van der Waals surface area (Å²) in [4.78, 5) is 18.5. The summed E-state index contributed by atoms with van der Waals surface area (Å²) in [5.74, 6) is 0. The number of benzene rings is 1. The van der Waals surface area contributed by atoms with Crippen LogP contribution in [0.4, 0.5) is 0 Å². The van der Waals surface area contributed by atoms with Crippen LogP contribution in [0.3, 0.4) is 0 Å². The molecule has 0 heterocycles. The van der Waals surface area contributed by atoms with E-state index in [2.05, 4.69) is 0 Å². The highest BCUT2D eigenvalue weighted by Crippen LogP contribution is 2.55. The van der Waals surface area contributed by atoms with Gasteiger partial charge in [0.2, 0.25) is 5.34 Å². The van der Waals surface area contributed by atoms with Gasteiger partial charge in [-0.2, -0.15) is 0 Å². The van der Waals surface area contributed by atoms with E-state index in [9.17, 15) is 19.5 Å². The molecule has 1 rings (SSSR count). The third kappa shape index (κ3) is 2.76. The summed E-state index contributed by atoms with van der Waals surface area (Å²) in [6.07, 6.45) is 1.46. The predicted molar refractivity (Wildman–Crippen MR) is 65.4 cm³/mol. The minimum atomic E-state index is -4.73. The average Bonchev–Trinajstić information content (AvgIpc) is 2.27.